The first kappa shape index (κ1) is 10.8. The van der Waals surface area contributed by atoms with Crippen molar-refractivity contribution in [2.45, 2.75) is 18.8 Å². The van der Waals surface area contributed by atoms with Crippen LogP contribution in [0.3, 0.4) is 0 Å². The predicted molar refractivity (Wildman–Crippen MR) is 69.9 cm³/mol. The summed E-state index contributed by atoms with van der Waals surface area (Å²) in [4.78, 5) is 15.5. The average molecular weight is 246 g/mol. The second-order valence-electron chi connectivity index (χ2n) is 4.34. The molecule has 1 aliphatic heterocycles. The molecule has 0 atom stereocenters. The summed E-state index contributed by atoms with van der Waals surface area (Å²) in [5, 5.41) is 0. The van der Waals surface area contributed by atoms with Crippen molar-refractivity contribution >= 4 is 23.6 Å². The lowest BCUT2D eigenvalue weighted by Gasteiger charge is -2.20. The number of aldehydes is 1. The Kier molecular flexibility index (Phi) is 2.89. The first-order valence-electron chi connectivity index (χ1n) is 5.89. The molecular formula is C13H14N2OS. The molecule has 0 saturated carbocycles. The molecule has 0 radical (unpaired) electrons. The number of hydrogen-bond acceptors (Lipinski definition) is 3. The number of pyridine rings is 1. The maximum Gasteiger partial charge on any atom is 0.152 e. The highest BCUT2D eigenvalue weighted by Gasteiger charge is 2.20. The molecule has 1 fully saturated rings. The Morgan fingerprint density at radius 3 is 3.00 bits per heavy atom. The highest BCUT2D eigenvalue weighted by atomic mass is 32.2. The second kappa shape index (κ2) is 4.53. The minimum atomic E-state index is 0.542. The molecular weight excluding hydrogens is 232 g/mol. The summed E-state index contributed by atoms with van der Waals surface area (Å²) in [5.41, 5.74) is 1.65. The monoisotopic (exact) mass is 246 g/mol. The summed E-state index contributed by atoms with van der Waals surface area (Å²) in [7, 11) is 0. The predicted octanol–water partition coefficient (Wildman–Crippen LogP) is 2.76. The molecule has 0 spiro atoms. The molecule has 2 aromatic heterocycles. The van der Waals surface area contributed by atoms with Gasteiger partial charge in [-0.1, -0.05) is 0 Å². The van der Waals surface area contributed by atoms with Gasteiger partial charge in [0.25, 0.3) is 0 Å². The molecule has 0 bridgehead atoms. The maximum atomic E-state index is 11.0. The fourth-order valence-electron chi connectivity index (χ4n) is 2.42. The summed E-state index contributed by atoms with van der Waals surface area (Å²) in [6, 6.07) is 3.75. The number of carbonyl (C=O) groups is 1. The summed E-state index contributed by atoms with van der Waals surface area (Å²) in [6.07, 6.45) is 7.11. The highest BCUT2D eigenvalue weighted by Crippen LogP contribution is 2.31. The lowest BCUT2D eigenvalue weighted by atomic mass is 10.0. The molecule has 0 unspecified atom stereocenters. The first-order chi connectivity index (χ1) is 8.40. The number of fused-ring (bicyclic) bond motifs is 1. The molecule has 0 N–H and O–H groups in total. The van der Waals surface area contributed by atoms with E-state index in [-0.39, 0.29) is 0 Å². The molecule has 2 aromatic rings. The maximum absolute atomic E-state index is 11.0. The Bertz CT molecular complexity index is 543. The number of imidazole rings is 1. The van der Waals surface area contributed by atoms with E-state index in [1.165, 1.54) is 24.3 Å². The van der Waals surface area contributed by atoms with Crippen molar-refractivity contribution in [3.8, 4) is 0 Å². The molecule has 1 saturated heterocycles. The quantitative estimate of drug-likeness (QED) is 0.764. The molecule has 0 aromatic carbocycles. The van der Waals surface area contributed by atoms with Gasteiger partial charge in [0, 0.05) is 17.7 Å². The van der Waals surface area contributed by atoms with E-state index in [9.17, 15) is 4.79 Å². The van der Waals surface area contributed by atoms with E-state index in [1.54, 1.807) is 0 Å². The lowest BCUT2D eigenvalue weighted by Crippen LogP contribution is -2.11. The van der Waals surface area contributed by atoms with Crippen molar-refractivity contribution < 1.29 is 4.79 Å². The molecule has 88 valence electrons. The van der Waals surface area contributed by atoms with Crippen LogP contribution in [0.15, 0.2) is 24.5 Å². The van der Waals surface area contributed by atoms with E-state index in [2.05, 4.69) is 9.38 Å². The van der Waals surface area contributed by atoms with Crippen LogP contribution in [0.4, 0.5) is 0 Å². The number of rotatable bonds is 2. The van der Waals surface area contributed by atoms with Gasteiger partial charge in [-0.15, -0.1) is 0 Å². The Morgan fingerprint density at radius 2 is 2.24 bits per heavy atom. The van der Waals surface area contributed by atoms with Gasteiger partial charge in [-0.2, -0.15) is 11.8 Å². The van der Waals surface area contributed by atoms with Crippen LogP contribution in [-0.2, 0) is 0 Å². The lowest BCUT2D eigenvalue weighted by molar-refractivity contribution is 0.112. The van der Waals surface area contributed by atoms with Crippen molar-refractivity contribution in [2.24, 2.45) is 0 Å². The molecule has 0 amide bonds. The molecule has 3 heterocycles. The molecule has 3 nitrogen and oxygen atoms in total. The summed E-state index contributed by atoms with van der Waals surface area (Å²) < 4.78 is 2.07. The standard InChI is InChI=1S/C13H14N2OS/c16-9-11-2-1-5-15-12(11)8-14-13(15)10-3-6-17-7-4-10/h1-2,5,8-10H,3-4,6-7H2. The summed E-state index contributed by atoms with van der Waals surface area (Å²) in [6.45, 7) is 0. The molecule has 17 heavy (non-hydrogen) atoms. The normalized spacial score (nSPS) is 17.4. The van der Waals surface area contributed by atoms with Crippen LogP contribution in [0.2, 0.25) is 0 Å². The zero-order valence-electron chi connectivity index (χ0n) is 9.50. The minimum Gasteiger partial charge on any atom is -0.303 e. The van der Waals surface area contributed by atoms with E-state index in [0.717, 1.165) is 23.2 Å². The third-order valence-corrected chi connectivity index (χ3v) is 4.39. The van der Waals surface area contributed by atoms with Crippen LogP contribution in [0.25, 0.3) is 5.52 Å². The van der Waals surface area contributed by atoms with Crippen molar-refractivity contribution in [3.63, 3.8) is 0 Å². The number of carbonyl (C=O) groups excluding carboxylic acids is 1. The Balaban J connectivity index is 2.08. The SMILES string of the molecule is O=Cc1cccn2c(C3CCSCC3)ncc12. The van der Waals surface area contributed by atoms with Gasteiger partial charge in [0.15, 0.2) is 6.29 Å². The van der Waals surface area contributed by atoms with Gasteiger partial charge in [0.2, 0.25) is 0 Å². The Hall–Kier alpha value is -1.29. The molecule has 4 heteroatoms. The zero-order valence-corrected chi connectivity index (χ0v) is 10.3. The number of hydrogen-bond donors (Lipinski definition) is 0. The fraction of sp³-hybridized carbons (Fsp3) is 0.385. The van der Waals surface area contributed by atoms with Crippen molar-refractivity contribution in [2.75, 3.05) is 11.5 Å². The van der Waals surface area contributed by atoms with Crippen LogP contribution < -0.4 is 0 Å². The minimum absolute atomic E-state index is 0.542. The van der Waals surface area contributed by atoms with Crippen molar-refractivity contribution in [3.05, 3.63) is 35.9 Å². The van der Waals surface area contributed by atoms with Crippen LogP contribution >= 0.6 is 11.8 Å². The van der Waals surface area contributed by atoms with Crippen LogP contribution in [0, 0.1) is 0 Å². The molecule has 0 aliphatic carbocycles. The van der Waals surface area contributed by atoms with Crippen molar-refractivity contribution in [1.29, 1.82) is 0 Å². The summed E-state index contributed by atoms with van der Waals surface area (Å²) in [5.74, 6) is 4.09. The van der Waals surface area contributed by atoms with E-state index in [0.29, 0.717) is 5.92 Å². The van der Waals surface area contributed by atoms with Crippen LogP contribution in [0.1, 0.15) is 34.9 Å². The van der Waals surface area contributed by atoms with Crippen LogP contribution in [0.5, 0.6) is 0 Å². The zero-order chi connectivity index (χ0) is 11.7. The third-order valence-electron chi connectivity index (χ3n) is 3.35. The average Bonchev–Trinajstić information content (AvgIpc) is 2.83. The van der Waals surface area contributed by atoms with Gasteiger partial charge in [-0.25, -0.2) is 4.98 Å². The van der Waals surface area contributed by atoms with E-state index in [1.807, 2.05) is 36.3 Å². The second-order valence-corrected chi connectivity index (χ2v) is 5.56. The molecule has 1 aliphatic rings. The number of thioether (sulfide) groups is 1. The third kappa shape index (κ3) is 1.86. The summed E-state index contributed by atoms with van der Waals surface area (Å²) >= 11 is 2.02. The topological polar surface area (TPSA) is 34.4 Å². The van der Waals surface area contributed by atoms with Crippen LogP contribution in [-0.4, -0.2) is 27.2 Å². The van der Waals surface area contributed by atoms with Gasteiger partial charge >= 0.3 is 0 Å². The van der Waals surface area contributed by atoms with Gasteiger partial charge in [0.1, 0.15) is 5.82 Å². The molecule has 3 rings (SSSR count). The Morgan fingerprint density at radius 1 is 1.41 bits per heavy atom. The van der Waals surface area contributed by atoms with Gasteiger partial charge < -0.3 is 4.40 Å². The van der Waals surface area contributed by atoms with Gasteiger partial charge in [-0.3, -0.25) is 4.79 Å². The van der Waals surface area contributed by atoms with Gasteiger partial charge in [0.05, 0.1) is 11.7 Å². The van der Waals surface area contributed by atoms with E-state index < -0.39 is 0 Å². The fourth-order valence-corrected chi connectivity index (χ4v) is 3.53. The largest absolute Gasteiger partial charge is 0.303 e. The van der Waals surface area contributed by atoms with E-state index in [4.69, 9.17) is 0 Å². The number of nitrogens with zero attached hydrogens (tertiary/aromatic N) is 2. The smallest absolute Gasteiger partial charge is 0.152 e. The first-order valence-corrected chi connectivity index (χ1v) is 7.04. The van der Waals surface area contributed by atoms with Crippen molar-refractivity contribution in [1.82, 2.24) is 9.38 Å². The Labute approximate surface area is 104 Å². The van der Waals surface area contributed by atoms with Gasteiger partial charge in [-0.05, 0) is 36.5 Å². The highest BCUT2D eigenvalue weighted by molar-refractivity contribution is 7.99. The van der Waals surface area contributed by atoms with E-state index >= 15 is 0 Å². The number of aromatic nitrogens is 2.